The Morgan fingerprint density at radius 3 is 2.38 bits per heavy atom. The number of hydrogen-bond acceptors (Lipinski definition) is 1. The summed E-state index contributed by atoms with van der Waals surface area (Å²) in [5.74, 6) is 0.448. The smallest absolute Gasteiger partial charge is 0.416 e. The van der Waals surface area contributed by atoms with E-state index in [2.05, 4.69) is 0 Å². The van der Waals surface area contributed by atoms with Gasteiger partial charge in [-0.15, -0.1) is 0 Å². The van der Waals surface area contributed by atoms with Gasteiger partial charge in [0.25, 0.3) is 0 Å². The van der Waals surface area contributed by atoms with Crippen LogP contribution in [-0.2, 0) is 6.18 Å². The first-order valence-corrected chi connectivity index (χ1v) is 4.71. The largest absolute Gasteiger partial charge is 0.464 e. The Kier molecular flexibility index (Phi) is 2.50. The summed E-state index contributed by atoms with van der Waals surface area (Å²) in [6.45, 7) is 1.45. The van der Waals surface area contributed by atoms with E-state index < -0.39 is 11.7 Å². The molecule has 0 saturated heterocycles. The van der Waals surface area contributed by atoms with E-state index >= 15 is 0 Å². The maximum Gasteiger partial charge on any atom is 0.416 e. The zero-order chi connectivity index (χ0) is 11.8. The Morgan fingerprint density at radius 2 is 1.81 bits per heavy atom. The van der Waals surface area contributed by atoms with Crippen molar-refractivity contribution in [3.63, 3.8) is 0 Å². The van der Waals surface area contributed by atoms with Crippen molar-refractivity contribution >= 4 is 0 Å². The van der Waals surface area contributed by atoms with E-state index in [0.29, 0.717) is 11.3 Å². The highest BCUT2D eigenvalue weighted by Crippen LogP contribution is 2.36. The van der Waals surface area contributed by atoms with Crippen molar-refractivity contribution in [1.29, 1.82) is 0 Å². The van der Waals surface area contributed by atoms with Crippen LogP contribution in [0.25, 0.3) is 11.3 Å². The second-order valence-corrected chi connectivity index (χ2v) is 3.45. The molecule has 0 atom stereocenters. The van der Waals surface area contributed by atoms with Crippen molar-refractivity contribution in [2.45, 2.75) is 13.1 Å². The third-order valence-corrected chi connectivity index (χ3v) is 2.43. The van der Waals surface area contributed by atoms with Crippen LogP contribution in [0.4, 0.5) is 13.2 Å². The highest BCUT2D eigenvalue weighted by molar-refractivity contribution is 5.63. The fourth-order valence-electron chi connectivity index (χ4n) is 1.64. The molecule has 0 radical (unpaired) electrons. The van der Waals surface area contributed by atoms with Crippen LogP contribution in [0.2, 0.25) is 0 Å². The van der Waals surface area contributed by atoms with E-state index in [4.69, 9.17) is 4.42 Å². The third kappa shape index (κ3) is 1.83. The lowest BCUT2D eigenvalue weighted by Crippen LogP contribution is -2.07. The molecule has 0 aliphatic carbocycles. The van der Waals surface area contributed by atoms with Crippen LogP contribution in [0.3, 0.4) is 0 Å². The second-order valence-electron chi connectivity index (χ2n) is 3.45. The first-order valence-electron chi connectivity index (χ1n) is 4.71. The minimum Gasteiger partial charge on any atom is -0.464 e. The molecule has 0 amide bonds. The Labute approximate surface area is 90.5 Å². The maximum absolute atomic E-state index is 12.6. The molecule has 84 valence electrons. The van der Waals surface area contributed by atoms with Crippen molar-refractivity contribution in [2.24, 2.45) is 0 Å². The quantitative estimate of drug-likeness (QED) is 0.707. The molecule has 0 aliphatic rings. The van der Waals surface area contributed by atoms with Crippen molar-refractivity contribution in [3.05, 3.63) is 47.7 Å². The molecule has 1 heterocycles. The van der Waals surface area contributed by atoms with E-state index in [1.165, 1.54) is 19.3 Å². The summed E-state index contributed by atoms with van der Waals surface area (Å²) < 4.78 is 43.0. The predicted molar refractivity (Wildman–Crippen MR) is 53.9 cm³/mol. The van der Waals surface area contributed by atoms with Crippen LogP contribution in [0.1, 0.15) is 11.1 Å². The summed E-state index contributed by atoms with van der Waals surface area (Å²) >= 11 is 0. The Hall–Kier alpha value is -1.71. The third-order valence-electron chi connectivity index (χ3n) is 2.43. The number of rotatable bonds is 1. The molecule has 1 nitrogen and oxygen atoms in total. The summed E-state index contributed by atoms with van der Waals surface area (Å²) in [6.07, 6.45) is -2.89. The number of furan rings is 1. The summed E-state index contributed by atoms with van der Waals surface area (Å²) in [6, 6.07) is 7.36. The first-order chi connectivity index (χ1) is 7.50. The van der Waals surface area contributed by atoms with Gasteiger partial charge in [0.2, 0.25) is 0 Å². The van der Waals surface area contributed by atoms with Gasteiger partial charge in [0, 0.05) is 5.56 Å². The highest BCUT2D eigenvalue weighted by atomic mass is 19.4. The fraction of sp³-hybridized carbons (Fsp3) is 0.167. The molecule has 0 bridgehead atoms. The Balaban J connectivity index is 2.58. The number of halogens is 3. The van der Waals surface area contributed by atoms with E-state index in [9.17, 15) is 13.2 Å². The molecule has 2 rings (SSSR count). The lowest BCUT2D eigenvalue weighted by Gasteiger charge is -2.12. The molecule has 0 N–H and O–H groups in total. The van der Waals surface area contributed by atoms with Crippen LogP contribution in [-0.4, -0.2) is 0 Å². The summed E-state index contributed by atoms with van der Waals surface area (Å²) in [4.78, 5) is 0. The second kappa shape index (κ2) is 3.70. The molecule has 1 aromatic carbocycles. The molecule has 0 spiro atoms. The van der Waals surface area contributed by atoms with Gasteiger partial charge in [-0.25, -0.2) is 0 Å². The standard InChI is InChI=1S/C12H9F3O/c1-8-9(11-6-3-7-16-11)4-2-5-10(8)12(13,14)15/h2-7H,1H3. The molecule has 16 heavy (non-hydrogen) atoms. The predicted octanol–water partition coefficient (Wildman–Crippen LogP) is 4.27. The Bertz CT molecular complexity index is 483. The van der Waals surface area contributed by atoms with Crippen molar-refractivity contribution in [1.82, 2.24) is 0 Å². The lowest BCUT2D eigenvalue weighted by molar-refractivity contribution is -0.138. The molecule has 1 aromatic heterocycles. The fourth-order valence-corrected chi connectivity index (χ4v) is 1.64. The molecular weight excluding hydrogens is 217 g/mol. The zero-order valence-corrected chi connectivity index (χ0v) is 8.51. The van der Waals surface area contributed by atoms with Gasteiger partial charge in [-0.3, -0.25) is 0 Å². The van der Waals surface area contributed by atoms with Gasteiger partial charge in [-0.05, 0) is 30.7 Å². The number of benzene rings is 1. The van der Waals surface area contributed by atoms with E-state index in [1.54, 1.807) is 18.2 Å². The van der Waals surface area contributed by atoms with Gasteiger partial charge in [0.15, 0.2) is 0 Å². The Morgan fingerprint density at radius 1 is 1.06 bits per heavy atom. The molecule has 2 aromatic rings. The van der Waals surface area contributed by atoms with Crippen LogP contribution >= 0.6 is 0 Å². The summed E-state index contributed by atoms with van der Waals surface area (Å²) in [7, 11) is 0. The van der Waals surface area contributed by atoms with Crippen LogP contribution in [0, 0.1) is 6.92 Å². The molecule has 4 heteroatoms. The van der Waals surface area contributed by atoms with Gasteiger partial charge >= 0.3 is 6.18 Å². The van der Waals surface area contributed by atoms with Gasteiger partial charge in [-0.2, -0.15) is 13.2 Å². The first kappa shape index (κ1) is 10.8. The van der Waals surface area contributed by atoms with Crippen LogP contribution < -0.4 is 0 Å². The molecule has 0 aliphatic heterocycles. The van der Waals surface area contributed by atoms with Gasteiger partial charge < -0.3 is 4.42 Å². The summed E-state index contributed by atoms with van der Waals surface area (Å²) in [5.41, 5.74) is 0.0335. The van der Waals surface area contributed by atoms with Crippen molar-refractivity contribution in [2.75, 3.05) is 0 Å². The van der Waals surface area contributed by atoms with Crippen LogP contribution in [0.15, 0.2) is 41.0 Å². The number of alkyl halides is 3. The van der Waals surface area contributed by atoms with E-state index in [0.717, 1.165) is 6.07 Å². The van der Waals surface area contributed by atoms with E-state index in [1.807, 2.05) is 0 Å². The zero-order valence-electron chi connectivity index (χ0n) is 8.51. The molecule has 0 saturated carbocycles. The van der Waals surface area contributed by atoms with Gasteiger partial charge in [-0.1, -0.05) is 12.1 Å². The van der Waals surface area contributed by atoms with Crippen molar-refractivity contribution in [3.8, 4) is 11.3 Å². The monoisotopic (exact) mass is 226 g/mol. The SMILES string of the molecule is Cc1c(-c2ccco2)cccc1C(F)(F)F. The average molecular weight is 226 g/mol. The van der Waals surface area contributed by atoms with Gasteiger partial charge in [0.1, 0.15) is 5.76 Å². The van der Waals surface area contributed by atoms with E-state index in [-0.39, 0.29) is 5.56 Å². The molecule has 0 fully saturated rings. The molecule has 0 unspecified atom stereocenters. The lowest BCUT2D eigenvalue weighted by atomic mass is 10.0. The van der Waals surface area contributed by atoms with Gasteiger partial charge in [0.05, 0.1) is 11.8 Å². The van der Waals surface area contributed by atoms with Crippen LogP contribution in [0.5, 0.6) is 0 Å². The minimum atomic E-state index is -4.33. The minimum absolute atomic E-state index is 0.185. The maximum atomic E-state index is 12.6. The normalized spacial score (nSPS) is 11.8. The number of hydrogen-bond donors (Lipinski definition) is 0. The topological polar surface area (TPSA) is 13.1 Å². The highest BCUT2D eigenvalue weighted by Gasteiger charge is 2.33. The van der Waals surface area contributed by atoms with Crippen molar-refractivity contribution < 1.29 is 17.6 Å². The molecular formula is C12H9F3O. The summed E-state index contributed by atoms with van der Waals surface area (Å²) in [5, 5.41) is 0. The average Bonchev–Trinajstić information content (AvgIpc) is 2.69.